The molecule has 0 bridgehead atoms. The predicted molar refractivity (Wildman–Crippen MR) is 136 cm³/mol. The molecule has 174 valence electrons. The van der Waals surface area contributed by atoms with Crippen LogP contribution in [0.25, 0.3) is 0 Å². The summed E-state index contributed by atoms with van der Waals surface area (Å²) in [5, 5.41) is 4.67. The molecule has 0 aromatic heterocycles. The van der Waals surface area contributed by atoms with Crippen molar-refractivity contribution < 1.29 is 9.59 Å². The van der Waals surface area contributed by atoms with Crippen LogP contribution in [0.2, 0.25) is 15.1 Å². The van der Waals surface area contributed by atoms with E-state index in [2.05, 4.69) is 5.32 Å². The van der Waals surface area contributed by atoms with E-state index in [1.165, 1.54) is 0 Å². The number of hydrogen-bond donors (Lipinski definition) is 1. The Hall–Kier alpha value is -1.40. The van der Waals surface area contributed by atoms with Crippen molar-refractivity contribution in [1.82, 2.24) is 10.2 Å². The minimum Gasteiger partial charge on any atom is -0.352 e. The van der Waals surface area contributed by atoms with Gasteiger partial charge in [0.25, 0.3) is 0 Å². The number of halogens is 3. The predicted octanol–water partition coefficient (Wildman–Crippen LogP) is 6.85. The minimum atomic E-state index is -0.618. The summed E-state index contributed by atoms with van der Waals surface area (Å²) >= 11 is 19.9. The summed E-state index contributed by atoms with van der Waals surface area (Å²) in [6, 6.07) is 12.2. The highest BCUT2D eigenvalue weighted by Gasteiger charge is 2.27. The number of benzene rings is 2. The van der Waals surface area contributed by atoms with Gasteiger partial charge in [-0.25, -0.2) is 0 Å². The summed E-state index contributed by atoms with van der Waals surface area (Å²) in [5.74, 6) is 0.531. The molecule has 0 aliphatic heterocycles. The van der Waals surface area contributed by atoms with Crippen molar-refractivity contribution in [1.29, 1.82) is 0 Å². The van der Waals surface area contributed by atoms with E-state index in [1.807, 2.05) is 38.1 Å². The molecule has 0 fully saturated rings. The van der Waals surface area contributed by atoms with E-state index in [-0.39, 0.29) is 24.4 Å². The molecule has 4 nitrogen and oxygen atoms in total. The largest absolute Gasteiger partial charge is 0.352 e. The number of nitrogens with zero attached hydrogens (tertiary/aromatic N) is 1. The van der Waals surface area contributed by atoms with Gasteiger partial charge in [0, 0.05) is 39.0 Å². The number of amides is 2. The standard InChI is InChI=1S/C24H29Cl3N2O2S/c1-4-16(2)28-24(31)17(3)29(15-18-7-8-20(26)14-22(18)27)23(30)6-5-13-32-21-11-9-19(25)10-12-21/h7-12,14,16-17H,4-6,13,15H2,1-3H3,(H,28,31)/t16-,17-/m0/s1. The fraction of sp³-hybridized carbons (Fsp3) is 0.417. The van der Waals surface area contributed by atoms with Crippen molar-refractivity contribution >= 4 is 58.4 Å². The molecule has 0 aliphatic carbocycles. The fourth-order valence-corrected chi connectivity index (χ4v) is 4.42. The smallest absolute Gasteiger partial charge is 0.242 e. The molecule has 8 heteroatoms. The van der Waals surface area contributed by atoms with Crippen molar-refractivity contribution in [2.24, 2.45) is 0 Å². The summed E-state index contributed by atoms with van der Waals surface area (Å²) < 4.78 is 0. The van der Waals surface area contributed by atoms with E-state index in [0.717, 1.165) is 22.6 Å². The molecule has 2 aromatic rings. The van der Waals surface area contributed by atoms with Gasteiger partial charge in [-0.1, -0.05) is 47.8 Å². The van der Waals surface area contributed by atoms with Gasteiger partial charge in [-0.2, -0.15) is 0 Å². The first-order valence-electron chi connectivity index (χ1n) is 10.6. The van der Waals surface area contributed by atoms with Gasteiger partial charge in [-0.3, -0.25) is 9.59 Å². The third kappa shape index (κ3) is 8.51. The van der Waals surface area contributed by atoms with Crippen LogP contribution < -0.4 is 5.32 Å². The van der Waals surface area contributed by atoms with E-state index >= 15 is 0 Å². The van der Waals surface area contributed by atoms with Crippen LogP contribution >= 0.6 is 46.6 Å². The first kappa shape index (κ1) is 26.8. The average molecular weight is 516 g/mol. The molecule has 0 saturated carbocycles. The van der Waals surface area contributed by atoms with Gasteiger partial charge < -0.3 is 10.2 Å². The highest BCUT2D eigenvalue weighted by atomic mass is 35.5. The zero-order valence-corrected chi connectivity index (χ0v) is 21.6. The quantitative estimate of drug-likeness (QED) is 0.263. The molecule has 0 heterocycles. The van der Waals surface area contributed by atoms with Crippen LogP contribution in [-0.4, -0.2) is 34.6 Å². The second kappa shape index (κ2) is 13.3. The molecule has 2 aromatic carbocycles. The first-order valence-corrected chi connectivity index (χ1v) is 12.7. The molecule has 0 saturated heterocycles. The Labute approximate surface area is 210 Å². The van der Waals surface area contributed by atoms with E-state index in [9.17, 15) is 9.59 Å². The maximum absolute atomic E-state index is 13.1. The number of thioether (sulfide) groups is 1. The van der Waals surface area contributed by atoms with E-state index in [4.69, 9.17) is 34.8 Å². The van der Waals surface area contributed by atoms with Gasteiger partial charge in [0.2, 0.25) is 11.8 Å². The SMILES string of the molecule is CC[C@H](C)NC(=O)[C@H](C)N(Cc1ccc(Cl)cc1Cl)C(=O)CCCSc1ccc(Cl)cc1. The zero-order valence-electron chi connectivity index (χ0n) is 18.5. The summed E-state index contributed by atoms with van der Waals surface area (Å²) in [6.07, 6.45) is 1.85. The zero-order chi connectivity index (χ0) is 23.7. The molecule has 2 rings (SSSR count). The maximum Gasteiger partial charge on any atom is 0.242 e. The Morgan fingerprint density at radius 3 is 2.31 bits per heavy atom. The molecule has 32 heavy (non-hydrogen) atoms. The molecular formula is C24H29Cl3N2O2S. The lowest BCUT2D eigenvalue weighted by Gasteiger charge is -2.30. The Morgan fingerprint density at radius 2 is 1.69 bits per heavy atom. The van der Waals surface area contributed by atoms with Crippen molar-refractivity contribution in [2.45, 2.75) is 63.6 Å². The van der Waals surface area contributed by atoms with Crippen LogP contribution in [0.5, 0.6) is 0 Å². The number of rotatable bonds is 11. The van der Waals surface area contributed by atoms with Crippen LogP contribution in [0.1, 0.15) is 45.6 Å². The van der Waals surface area contributed by atoms with Crippen LogP contribution in [0.15, 0.2) is 47.4 Å². The average Bonchev–Trinajstić information content (AvgIpc) is 2.76. The highest BCUT2D eigenvalue weighted by molar-refractivity contribution is 7.99. The molecular weight excluding hydrogens is 487 g/mol. The normalized spacial score (nSPS) is 12.8. The summed E-state index contributed by atoms with van der Waals surface area (Å²) in [4.78, 5) is 28.6. The molecule has 2 amide bonds. The first-order chi connectivity index (χ1) is 15.2. The molecule has 0 radical (unpaired) electrons. The van der Waals surface area contributed by atoms with Gasteiger partial charge in [-0.15, -0.1) is 11.8 Å². The van der Waals surface area contributed by atoms with Gasteiger partial charge in [0.05, 0.1) is 0 Å². The Kier molecular flexibility index (Phi) is 11.2. The third-order valence-electron chi connectivity index (χ3n) is 5.14. The Balaban J connectivity index is 2.05. The molecule has 0 spiro atoms. The number of carbonyl (C=O) groups is 2. The van der Waals surface area contributed by atoms with Crippen molar-refractivity contribution in [2.75, 3.05) is 5.75 Å². The molecule has 2 atom stereocenters. The molecule has 0 unspecified atom stereocenters. The number of carbonyl (C=O) groups excluding carboxylic acids is 2. The van der Waals surface area contributed by atoms with Crippen LogP contribution in [0, 0.1) is 0 Å². The van der Waals surface area contributed by atoms with Crippen molar-refractivity contribution in [3.63, 3.8) is 0 Å². The van der Waals surface area contributed by atoms with Crippen LogP contribution in [0.3, 0.4) is 0 Å². The molecule has 1 N–H and O–H groups in total. The van der Waals surface area contributed by atoms with Gasteiger partial charge in [0.15, 0.2) is 0 Å². The Morgan fingerprint density at radius 1 is 1.03 bits per heavy atom. The topological polar surface area (TPSA) is 49.4 Å². The van der Waals surface area contributed by atoms with Gasteiger partial charge in [-0.05, 0) is 74.4 Å². The second-order valence-corrected chi connectivity index (χ2v) is 10.1. The maximum atomic E-state index is 13.1. The van der Waals surface area contributed by atoms with Crippen LogP contribution in [-0.2, 0) is 16.1 Å². The number of nitrogens with one attached hydrogen (secondary N) is 1. The summed E-state index contributed by atoms with van der Waals surface area (Å²) in [5.41, 5.74) is 0.753. The van der Waals surface area contributed by atoms with Gasteiger partial charge in [0.1, 0.15) is 6.04 Å². The summed E-state index contributed by atoms with van der Waals surface area (Å²) in [7, 11) is 0. The lowest BCUT2D eigenvalue weighted by Crippen LogP contribution is -2.49. The Bertz CT molecular complexity index is 909. The van der Waals surface area contributed by atoms with Crippen molar-refractivity contribution in [3.05, 3.63) is 63.1 Å². The molecule has 0 aliphatic rings. The van der Waals surface area contributed by atoms with E-state index < -0.39 is 6.04 Å². The summed E-state index contributed by atoms with van der Waals surface area (Å²) in [6.45, 7) is 5.95. The van der Waals surface area contributed by atoms with E-state index in [1.54, 1.807) is 41.8 Å². The third-order valence-corrected chi connectivity index (χ3v) is 7.08. The fourth-order valence-electron chi connectivity index (χ4n) is 2.97. The van der Waals surface area contributed by atoms with Crippen LogP contribution in [0.4, 0.5) is 0 Å². The van der Waals surface area contributed by atoms with Crippen molar-refractivity contribution in [3.8, 4) is 0 Å². The minimum absolute atomic E-state index is 0.0387. The van der Waals surface area contributed by atoms with E-state index in [0.29, 0.717) is 27.9 Å². The number of hydrogen-bond acceptors (Lipinski definition) is 3. The highest BCUT2D eigenvalue weighted by Crippen LogP contribution is 2.25. The lowest BCUT2D eigenvalue weighted by molar-refractivity contribution is -0.140. The van der Waals surface area contributed by atoms with Gasteiger partial charge >= 0.3 is 0 Å². The second-order valence-electron chi connectivity index (χ2n) is 7.66. The monoisotopic (exact) mass is 514 g/mol. The lowest BCUT2D eigenvalue weighted by atomic mass is 10.1.